The number of carbonyl (C=O) groups excluding carboxylic acids is 1. The minimum atomic E-state index is -1.33. The molecule has 0 saturated carbocycles. The van der Waals surface area contributed by atoms with Crippen LogP contribution in [0.2, 0.25) is 0 Å². The maximum absolute atomic E-state index is 12.8. The average Bonchev–Trinajstić information content (AvgIpc) is 2.22. The average molecular weight is 231 g/mol. The first-order valence-electron chi connectivity index (χ1n) is 4.15. The van der Waals surface area contributed by atoms with Crippen molar-refractivity contribution in [1.29, 1.82) is 0 Å². The Kier molecular flexibility index (Phi) is 3.49. The lowest BCUT2D eigenvalue weighted by molar-refractivity contribution is -0.385. The van der Waals surface area contributed by atoms with Gasteiger partial charge in [0.2, 0.25) is 0 Å². The molecule has 0 heterocycles. The molecule has 0 aliphatic carbocycles. The van der Waals surface area contributed by atoms with Crippen LogP contribution in [0.4, 0.5) is 14.5 Å². The molecule has 0 radical (unpaired) electrons. The van der Waals surface area contributed by atoms with Gasteiger partial charge in [-0.1, -0.05) is 0 Å². The number of benzene rings is 1. The summed E-state index contributed by atoms with van der Waals surface area (Å²) in [6.07, 6.45) is -0.482. The summed E-state index contributed by atoms with van der Waals surface area (Å²) in [5, 5.41) is 10.5. The van der Waals surface area contributed by atoms with E-state index in [2.05, 4.69) is 4.74 Å². The van der Waals surface area contributed by atoms with Crippen LogP contribution in [0.5, 0.6) is 0 Å². The highest BCUT2D eigenvalue weighted by molar-refractivity contribution is 5.74. The van der Waals surface area contributed by atoms with Gasteiger partial charge in [-0.2, -0.15) is 0 Å². The largest absolute Gasteiger partial charge is 0.469 e. The van der Waals surface area contributed by atoms with Crippen LogP contribution < -0.4 is 0 Å². The highest BCUT2D eigenvalue weighted by Crippen LogP contribution is 2.22. The van der Waals surface area contributed by atoms with Crippen LogP contribution >= 0.6 is 0 Å². The minimum absolute atomic E-state index is 0.226. The number of hydrogen-bond acceptors (Lipinski definition) is 4. The zero-order valence-electron chi connectivity index (χ0n) is 8.20. The molecule has 0 unspecified atom stereocenters. The molecular formula is C9H7F2NO4. The summed E-state index contributed by atoms with van der Waals surface area (Å²) in [6.45, 7) is 0. The van der Waals surface area contributed by atoms with Gasteiger partial charge >= 0.3 is 5.97 Å². The van der Waals surface area contributed by atoms with Crippen molar-refractivity contribution in [3.8, 4) is 0 Å². The van der Waals surface area contributed by atoms with Gasteiger partial charge in [0.1, 0.15) is 0 Å². The molecule has 7 heteroatoms. The van der Waals surface area contributed by atoms with E-state index in [0.717, 1.165) is 7.11 Å². The maximum atomic E-state index is 12.8. The van der Waals surface area contributed by atoms with E-state index in [1.165, 1.54) is 0 Å². The molecule has 0 aliphatic rings. The van der Waals surface area contributed by atoms with Crippen LogP contribution in [0.3, 0.4) is 0 Å². The second-order valence-corrected chi connectivity index (χ2v) is 2.91. The molecule has 1 aromatic carbocycles. The fourth-order valence-electron chi connectivity index (χ4n) is 1.12. The van der Waals surface area contributed by atoms with Crippen LogP contribution in [0.1, 0.15) is 5.56 Å². The van der Waals surface area contributed by atoms with Crippen molar-refractivity contribution < 1.29 is 23.2 Å². The Morgan fingerprint density at radius 3 is 2.50 bits per heavy atom. The lowest BCUT2D eigenvalue weighted by atomic mass is 10.1. The van der Waals surface area contributed by atoms with Crippen molar-refractivity contribution >= 4 is 11.7 Å². The van der Waals surface area contributed by atoms with Crippen molar-refractivity contribution in [3.63, 3.8) is 0 Å². The Hall–Kier alpha value is -2.05. The summed E-state index contributed by atoms with van der Waals surface area (Å²) < 4.78 is 29.9. The highest BCUT2D eigenvalue weighted by atomic mass is 19.2. The first kappa shape index (κ1) is 12.0. The quantitative estimate of drug-likeness (QED) is 0.450. The normalized spacial score (nSPS) is 9.94. The Bertz CT molecular complexity index is 447. The van der Waals surface area contributed by atoms with Gasteiger partial charge < -0.3 is 4.74 Å². The van der Waals surface area contributed by atoms with E-state index < -0.39 is 34.6 Å². The lowest BCUT2D eigenvalue weighted by Gasteiger charge is -2.02. The lowest BCUT2D eigenvalue weighted by Crippen LogP contribution is -2.08. The molecule has 0 N–H and O–H groups in total. The van der Waals surface area contributed by atoms with Gasteiger partial charge in [0.05, 0.1) is 24.5 Å². The molecule has 0 saturated heterocycles. The van der Waals surface area contributed by atoms with Crippen LogP contribution in [0.15, 0.2) is 12.1 Å². The monoisotopic (exact) mass is 231 g/mol. The van der Waals surface area contributed by atoms with E-state index in [1.807, 2.05) is 0 Å². The molecule has 0 fully saturated rings. The van der Waals surface area contributed by atoms with Gasteiger partial charge in [-0.3, -0.25) is 14.9 Å². The van der Waals surface area contributed by atoms with Gasteiger partial charge in [-0.15, -0.1) is 0 Å². The van der Waals surface area contributed by atoms with Crippen LogP contribution in [0, 0.1) is 21.7 Å². The number of ether oxygens (including phenoxy) is 1. The number of nitro benzene ring substituents is 1. The number of rotatable bonds is 3. The molecule has 0 aromatic heterocycles. The van der Waals surface area contributed by atoms with Crippen LogP contribution in [0.25, 0.3) is 0 Å². The van der Waals surface area contributed by atoms with E-state index in [0.29, 0.717) is 12.1 Å². The van der Waals surface area contributed by atoms with E-state index >= 15 is 0 Å². The smallest absolute Gasteiger partial charge is 0.310 e. The predicted molar refractivity (Wildman–Crippen MR) is 48.7 cm³/mol. The van der Waals surface area contributed by atoms with Crippen LogP contribution in [-0.4, -0.2) is 18.0 Å². The van der Waals surface area contributed by atoms with Crippen molar-refractivity contribution in [1.82, 2.24) is 0 Å². The molecule has 0 aliphatic heterocycles. The van der Waals surface area contributed by atoms with Crippen molar-refractivity contribution in [2.24, 2.45) is 0 Å². The fourth-order valence-corrected chi connectivity index (χ4v) is 1.12. The summed E-state index contributed by atoms with van der Waals surface area (Å²) in [5.74, 6) is -3.35. The molecule has 0 bridgehead atoms. The summed E-state index contributed by atoms with van der Waals surface area (Å²) >= 11 is 0. The summed E-state index contributed by atoms with van der Waals surface area (Å²) in [6, 6.07) is 1.05. The number of methoxy groups -OCH3 is 1. The van der Waals surface area contributed by atoms with E-state index in [-0.39, 0.29) is 5.56 Å². The number of halogens is 2. The number of esters is 1. The Morgan fingerprint density at radius 2 is 2.00 bits per heavy atom. The molecule has 0 atom stereocenters. The first-order chi connectivity index (χ1) is 7.45. The van der Waals surface area contributed by atoms with E-state index in [4.69, 9.17) is 0 Å². The highest BCUT2D eigenvalue weighted by Gasteiger charge is 2.20. The third kappa shape index (κ3) is 2.50. The minimum Gasteiger partial charge on any atom is -0.469 e. The second-order valence-electron chi connectivity index (χ2n) is 2.91. The first-order valence-corrected chi connectivity index (χ1v) is 4.15. The van der Waals surface area contributed by atoms with Gasteiger partial charge in [-0.05, 0) is 6.07 Å². The third-order valence-corrected chi connectivity index (χ3v) is 1.88. The van der Waals surface area contributed by atoms with Crippen molar-refractivity contribution in [3.05, 3.63) is 39.4 Å². The SMILES string of the molecule is COC(=O)Cc1cc(F)c(F)cc1[N+](=O)[O-]. The molecule has 0 amide bonds. The maximum Gasteiger partial charge on any atom is 0.310 e. The predicted octanol–water partition coefficient (Wildman–Crippen LogP) is 1.59. The second kappa shape index (κ2) is 4.65. The molecule has 0 spiro atoms. The van der Waals surface area contributed by atoms with Gasteiger partial charge in [0, 0.05) is 5.56 Å². The molecule has 5 nitrogen and oxygen atoms in total. The Morgan fingerprint density at radius 1 is 1.44 bits per heavy atom. The van der Waals surface area contributed by atoms with E-state index in [9.17, 15) is 23.7 Å². The fraction of sp³-hybridized carbons (Fsp3) is 0.222. The number of nitrogens with zero attached hydrogens (tertiary/aromatic N) is 1. The standard InChI is InChI=1S/C9H7F2NO4/c1-16-9(13)3-5-2-6(10)7(11)4-8(5)12(14)15/h2,4H,3H2,1H3. The number of carbonyl (C=O) groups is 1. The zero-order valence-corrected chi connectivity index (χ0v) is 8.20. The van der Waals surface area contributed by atoms with Crippen molar-refractivity contribution in [2.45, 2.75) is 6.42 Å². The molecular weight excluding hydrogens is 224 g/mol. The topological polar surface area (TPSA) is 69.4 Å². The molecule has 16 heavy (non-hydrogen) atoms. The summed E-state index contributed by atoms with van der Waals surface area (Å²) in [4.78, 5) is 20.5. The number of hydrogen-bond donors (Lipinski definition) is 0. The Labute approximate surface area is 88.8 Å². The van der Waals surface area contributed by atoms with Crippen molar-refractivity contribution in [2.75, 3.05) is 7.11 Å². The van der Waals surface area contributed by atoms with Gasteiger partial charge in [0.15, 0.2) is 11.6 Å². The van der Waals surface area contributed by atoms with Gasteiger partial charge in [-0.25, -0.2) is 8.78 Å². The molecule has 1 aromatic rings. The number of nitro groups is 1. The van der Waals surface area contributed by atoms with Crippen LogP contribution in [-0.2, 0) is 16.0 Å². The third-order valence-electron chi connectivity index (χ3n) is 1.88. The van der Waals surface area contributed by atoms with E-state index in [1.54, 1.807) is 0 Å². The summed E-state index contributed by atoms with van der Waals surface area (Å²) in [5.41, 5.74) is -0.875. The molecule has 86 valence electrons. The zero-order chi connectivity index (χ0) is 12.3. The Balaban J connectivity index is 3.19. The summed E-state index contributed by atoms with van der Waals surface area (Å²) in [7, 11) is 1.09. The molecule has 1 rings (SSSR count). The van der Waals surface area contributed by atoms with Gasteiger partial charge in [0.25, 0.3) is 5.69 Å².